The molecule has 8 nitrogen and oxygen atoms in total. The summed E-state index contributed by atoms with van der Waals surface area (Å²) in [4.78, 5) is 23.7. The molecule has 134 valence electrons. The van der Waals surface area contributed by atoms with Crippen molar-refractivity contribution in [2.45, 2.75) is 11.8 Å². The molecule has 1 aromatic carbocycles. The van der Waals surface area contributed by atoms with E-state index in [0.717, 1.165) is 10.4 Å². The van der Waals surface area contributed by atoms with E-state index in [2.05, 4.69) is 0 Å². The Morgan fingerprint density at radius 3 is 2.48 bits per heavy atom. The zero-order valence-corrected chi connectivity index (χ0v) is 15.3. The van der Waals surface area contributed by atoms with Crippen molar-refractivity contribution in [2.75, 3.05) is 20.7 Å². The summed E-state index contributed by atoms with van der Waals surface area (Å²) in [5.74, 6) is -3.06. The van der Waals surface area contributed by atoms with E-state index in [1.54, 1.807) is 6.07 Å². The Labute approximate surface area is 150 Å². The number of sulfonamides is 1. The van der Waals surface area contributed by atoms with E-state index in [0.29, 0.717) is 0 Å². The molecule has 1 rings (SSSR count). The van der Waals surface area contributed by atoms with Gasteiger partial charge < -0.3 is 10.1 Å². The smallest absolute Gasteiger partial charge is 0.340 e. The second kappa shape index (κ2) is 8.20. The number of benzene rings is 1. The number of rotatable bonds is 7. The molecule has 1 N–H and O–H groups in total. The van der Waals surface area contributed by atoms with E-state index in [4.69, 9.17) is 27.0 Å². The third-order valence-electron chi connectivity index (χ3n) is 3.17. The summed E-state index contributed by atoms with van der Waals surface area (Å²) < 4.78 is 30.0. The maximum atomic E-state index is 12.1. The van der Waals surface area contributed by atoms with Gasteiger partial charge in [-0.05, 0) is 25.1 Å². The average molecular weight is 386 g/mol. The standard InChI is InChI=1S/C15H16ClN3O5S/c1-9(18)12(7-17)14(20)8-24-15(21)11-6-10(4-5-13(11)16)25(22,23)19(2)3/h4-6,12,18H,8H2,1-3H3. The van der Waals surface area contributed by atoms with Crippen molar-refractivity contribution < 1.29 is 22.7 Å². The number of ketones is 1. The van der Waals surface area contributed by atoms with Crippen LogP contribution in [0.5, 0.6) is 0 Å². The Balaban J connectivity index is 3.02. The Kier molecular flexibility index (Phi) is 6.81. The highest BCUT2D eigenvalue weighted by Crippen LogP contribution is 2.23. The summed E-state index contributed by atoms with van der Waals surface area (Å²) >= 11 is 5.90. The van der Waals surface area contributed by atoms with Gasteiger partial charge in [0.15, 0.2) is 12.4 Å². The Hall–Kier alpha value is -2.28. The van der Waals surface area contributed by atoms with Crippen LogP contribution >= 0.6 is 11.6 Å². The van der Waals surface area contributed by atoms with Crippen LogP contribution in [0, 0.1) is 22.7 Å². The summed E-state index contributed by atoms with van der Waals surface area (Å²) in [6.07, 6.45) is 0. The van der Waals surface area contributed by atoms with Crippen LogP contribution in [0.4, 0.5) is 0 Å². The van der Waals surface area contributed by atoms with Gasteiger partial charge in [0.1, 0.15) is 5.92 Å². The summed E-state index contributed by atoms with van der Waals surface area (Å²) in [6, 6.07) is 5.16. The van der Waals surface area contributed by atoms with Crippen LogP contribution in [0.2, 0.25) is 5.02 Å². The quantitative estimate of drug-likeness (QED) is 0.559. The van der Waals surface area contributed by atoms with Crippen LogP contribution in [-0.4, -0.2) is 50.9 Å². The molecule has 25 heavy (non-hydrogen) atoms. The Morgan fingerprint density at radius 1 is 1.40 bits per heavy atom. The van der Waals surface area contributed by atoms with E-state index < -0.39 is 34.3 Å². The van der Waals surface area contributed by atoms with Gasteiger partial charge in [-0.2, -0.15) is 5.26 Å². The first-order chi connectivity index (χ1) is 11.5. The molecule has 0 bridgehead atoms. The monoisotopic (exact) mass is 385 g/mol. The van der Waals surface area contributed by atoms with Crippen LogP contribution < -0.4 is 0 Å². The molecule has 0 aliphatic rings. The third kappa shape index (κ3) is 4.85. The molecular weight excluding hydrogens is 370 g/mol. The number of Topliss-reactive ketones (excluding diaryl/α,β-unsaturated/α-hetero) is 1. The summed E-state index contributed by atoms with van der Waals surface area (Å²) in [5, 5.41) is 16.1. The number of nitriles is 1. The lowest BCUT2D eigenvalue weighted by Gasteiger charge is -2.13. The maximum absolute atomic E-state index is 12.1. The molecule has 1 aromatic rings. The molecular formula is C15H16ClN3O5S. The summed E-state index contributed by atoms with van der Waals surface area (Å²) in [6.45, 7) is 0.564. The van der Waals surface area contributed by atoms with Gasteiger partial charge in [0.2, 0.25) is 10.0 Å². The molecule has 0 saturated heterocycles. The minimum Gasteiger partial charge on any atom is -0.454 e. The van der Waals surface area contributed by atoms with Crippen LogP contribution in [0.25, 0.3) is 0 Å². The molecule has 1 atom stereocenters. The zero-order chi connectivity index (χ0) is 19.4. The molecule has 0 heterocycles. The van der Waals surface area contributed by atoms with Gasteiger partial charge >= 0.3 is 5.97 Å². The Bertz CT molecular complexity index is 858. The second-order valence-corrected chi connectivity index (χ2v) is 7.78. The van der Waals surface area contributed by atoms with E-state index in [1.165, 1.54) is 33.2 Å². The zero-order valence-electron chi connectivity index (χ0n) is 13.7. The van der Waals surface area contributed by atoms with Crippen molar-refractivity contribution in [1.82, 2.24) is 4.31 Å². The molecule has 0 radical (unpaired) electrons. The summed E-state index contributed by atoms with van der Waals surface area (Å²) in [5.41, 5.74) is -0.391. The van der Waals surface area contributed by atoms with Crippen LogP contribution in [0.15, 0.2) is 23.1 Å². The first-order valence-electron chi connectivity index (χ1n) is 6.89. The highest BCUT2D eigenvalue weighted by Gasteiger charge is 2.24. The molecule has 0 spiro atoms. The highest BCUT2D eigenvalue weighted by molar-refractivity contribution is 7.89. The fraction of sp³-hybridized carbons (Fsp3) is 0.333. The number of nitrogens with one attached hydrogen (secondary N) is 1. The third-order valence-corrected chi connectivity index (χ3v) is 5.31. The van der Waals surface area contributed by atoms with Crippen molar-refractivity contribution in [3.63, 3.8) is 0 Å². The number of ether oxygens (including phenoxy) is 1. The van der Waals surface area contributed by atoms with Crippen molar-refractivity contribution in [3.8, 4) is 6.07 Å². The summed E-state index contributed by atoms with van der Waals surface area (Å²) in [7, 11) is -1.11. The minimum atomic E-state index is -3.78. The van der Waals surface area contributed by atoms with Gasteiger partial charge in [-0.1, -0.05) is 11.6 Å². The number of hydrogen-bond donors (Lipinski definition) is 1. The Morgan fingerprint density at radius 2 is 2.00 bits per heavy atom. The predicted octanol–water partition coefficient (Wildman–Crippen LogP) is 1.50. The van der Waals surface area contributed by atoms with Gasteiger partial charge in [-0.15, -0.1) is 0 Å². The lowest BCUT2D eigenvalue weighted by atomic mass is 10.0. The van der Waals surface area contributed by atoms with Crippen molar-refractivity contribution in [2.24, 2.45) is 5.92 Å². The minimum absolute atomic E-state index is 0.0461. The fourth-order valence-corrected chi connectivity index (χ4v) is 2.86. The molecule has 0 fully saturated rings. The molecule has 0 aromatic heterocycles. The normalized spacial score (nSPS) is 12.3. The SMILES string of the molecule is CC(=N)C(C#N)C(=O)COC(=O)c1cc(S(=O)(=O)N(C)C)ccc1Cl. The lowest BCUT2D eigenvalue weighted by Crippen LogP contribution is -2.26. The topological polar surface area (TPSA) is 128 Å². The first kappa shape index (κ1) is 20.8. The molecule has 10 heteroatoms. The van der Waals surface area contributed by atoms with Crippen molar-refractivity contribution in [1.29, 1.82) is 10.7 Å². The number of carbonyl (C=O) groups is 2. The van der Waals surface area contributed by atoms with E-state index in [9.17, 15) is 18.0 Å². The molecule has 0 aliphatic carbocycles. The van der Waals surface area contributed by atoms with Gasteiger partial charge in [-0.25, -0.2) is 17.5 Å². The highest BCUT2D eigenvalue weighted by atomic mass is 35.5. The van der Waals surface area contributed by atoms with E-state index in [-0.39, 0.29) is 21.2 Å². The van der Waals surface area contributed by atoms with Crippen molar-refractivity contribution >= 4 is 39.1 Å². The molecule has 0 saturated carbocycles. The number of hydrogen-bond acceptors (Lipinski definition) is 7. The number of halogens is 1. The van der Waals surface area contributed by atoms with Crippen molar-refractivity contribution in [3.05, 3.63) is 28.8 Å². The molecule has 0 aliphatic heterocycles. The second-order valence-electron chi connectivity index (χ2n) is 5.22. The van der Waals surface area contributed by atoms with E-state index >= 15 is 0 Å². The average Bonchev–Trinajstić information content (AvgIpc) is 2.52. The van der Waals surface area contributed by atoms with Crippen LogP contribution in [-0.2, 0) is 19.6 Å². The van der Waals surface area contributed by atoms with Gasteiger partial charge in [-0.3, -0.25) is 4.79 Å². The first-order valence-corrected chi connectivity index (χ1v) is 8.70. The maximum Gasteiger partial charge on any atom is 0.340 e. The molecule has 1 unspecified atom stereocenters. The van der Waals surface area contributed by atoms with Crippen LogP contribution in [0.1, 0.15) is 17.3 Å². The number of nitrogens with zero attached hydrogens (tertiary/aromatic N) is 2. The van der Waals surface area contributed by atoms with Crippen LogP contribution in [0.3, 0.4) is 0 Å². The number of esters is 1. The van der Waals surface area contributed by atoms with Gasteiger partial charge in [0, 0.05) is 19.8 Å². The van der Waals surface area contributed by atoms with Gasteiger partial charge in [0.05, 0.1) is 21.6 Å². The fourth-order valence-electron chi connectivity index (χ4n) is 1.74. The molecule has 0 amide bonds. The lowest BCUT2D eigenvalue weighted by molar-refractivity contribution is -0.122. The van der Waals surface area contributed by atoms with E-state index in [1.807, 2.05) is 0 Å². The largest absolute Gasteiger partial charge is 0.454 e. The van der Waals surface area contributed by atoms with Gasteiger partial charge in [0.25, 0.3) is 0 Å². The number of carbonyl (C=O) groups excluding carboxylic acids is 2. The predicted molar refractivity (Wildman–Crippen MR) is 90.1 cm³/mol.